The summed E-state index contributed by atoms with van der Waals surface area (Å²) >= 11 is 0. The Labute approximate surface area is 148 Å². The third-order valence-electron chi connectivity index (χ3n) is 5.19. The molecule has 0 bridgehead atoms. The van der Waals surface area contributed by atoms with Gasteiger partial charge in [-0.25, -0.2) is 0 Å². The Kier molecular flexibility index (Phi) is 4.56. The molecular formula is C20H24N4O. The van der Waals surface area contributed by atoms with E-state index in [1.54, 1.807) is 6.20 Å². The van der Waals surface area contributed by atoms with Crippen molar-refractivity contribution in [2.75, 3.05) is 37.6 Å². The maximum Gasteiger partial charge on any atom is 0.101 e. The second kappa shape index (κ2) is 6.99. The normalized spacial score (nSPS) is 24.6. The summed E-state index contributed by atoms with van der Waals surface area (Å²) in [5.74, 6) is 0. The molecule has 0 radical (unpaired) electrons. The smallest absolute Gasteiger partial charge is 0.101 e. The number of nitrogens with zero attached hydrogens (tertiary/aromatic N) is 4. The molecule has 0 aliphatic carbocycles. The van der Waals surface area contributed by atoms with Crippen molar-refractivity contribution in [1.29, 1.82) is 5.26 Å². The van der Waals surface area contributed by atoms with E-state index in [4.69, 9.17) is 4.74 Å². The Balaban J connectivity index is 1.62. The van der Waals surface area contributed by atoms with Gasteiger partial charge in [0.05, 0.1) is 23.3 Å². The van der Waals surface area contributed by atoms with Crippen molar-refractivity contribution in [3.05, 3.63) is 36.0 Å². The zero-order valence-corrected chi connectivity index (χ0v) is 14.7. The number of benzene rings is 1. The Morgan fingerprint density at radius 2 is 2.08 bits per heavy atom. The lowest BCUT2D eigenvalue weighted by atomic mass is 10.1. The van der Waals surface area contributed by atoms with Gasteiger partial charge in [-0.05, 0) is 57.1 Å². The van der Waals surface area contributed by atoms with E-state index in [0.717, 1.165) is 36.2 Å². The van der Waals surface area contributed by atoms with Crippen molar-refractivity contribution < 1.29 is 4.74 Å². The van der Waals surface area contributed by atoms with Crippen molar-refractivity contribution in [3.63, 3.8) is 0 Å². The molecule has 25 heavy (non-hydrogen) atoms. The number of hydrogen-bond donors (Lipinski definition) is 0. The van der Waals surface area contributed by atoms with Gasteiger partial charge in [0.2, 0.25) is 0 Å². The highest BCUT2D eigenvalue weighted by atomic mass is 16.5. The Hall–Kier alpha value is -2.16. The van der Waals surface area contributed by atoms with Crippen LogP contribution in [0.15, 0.2) is 30.5 Å². The minimum Gasteiger partial charge on any atom is -0.370 e. The molecule has 0 amide bonds. The third kappa shape index (κ3) is 3.33. The SMILES string of the molecule is C[C@@H]1CN(c2ccc(C#N)c3ncccc23)C[C@@H](CN2CCCC2)O1. The molecule has 2 aromatic rings. The average Bonchev–Trinajstić information content (AvgIpc) is 3.13. The summed E-state index contributed by atoms with van der Waals surface area (Å²) in [6, 6.07) is 10.2. The minimum absolute atomic E-state index is 0.198. The van der Waals surface area contributed by atoms with Crippen LogP contribution in [0.4, 0.5) is 5.69 Å². The Morgan fingerprint density at radius 3 is 2.88 bits per heavy atom. The van der Waals surface area contributed by atoms with Gasteiger partial charge in [-0.3, -0.25) is 4.98 Å². The van der Waals surface area contributed by atoms with Crippen LogP contribution in [0.25, 0.3) is 10.9 Å². The van der Waals surface area contributed by atoms with Gasteiger partial charge in [0, 0.05) is 36.9 Å². The van der Waals surface area contributed by atoms with Crippen LogP contribution in [0, 0.1) is 11.3 Å². The summed E-state index contributed by atoms with van der Waals surface area (Å²) in [6.45, 7) is 7.29. The molecule has 5 heteroatoms. The van der Waals surface area contributed by atoms with E-state index in [1.807, 2.05) is 12.1 Å². The van der Waals surface area contributed by atoms with Crippen LogP contribution in [0.3, 0.4) is 0 Å². The molecule has 130 valence electrons. The van der Waals surface area contributed by atoms with Gasteiger partial charge in [0.1, 0.15) is 6.07 Å². The summed E-state index contributed by atoms with van der Waals surface area (Å²) in [6.07, 6.45) is 4.79. The van der Waals surface area contributed by atoms with Gasteiger partial charge in [-0.2, -0.15) is 5.26 Å². The van der Waals surface area contributed by atoms with Crippen molar-refractivity contribution in [2.24, 2.45) is 0 Å². The average molecular weight is 336 g/mol. The number of rotatable bonds is 3. The zero-order valence-electron chi connectivity index (χ0n) is 14.7. The Bertz CT molecular complexity index is 794. The standard InChI is InChI=1S/C20H24N4O/c1-15-12-24(14-17(25-15)13-23-9-2-3-10-23)19-7-6-16(11-21)20-18(19)5-4-8-22-20/h4-8,15,17H,2-3,9-10,12-14H2,1H3/t15-,17-/m1/s1. The van der Waals surface area contributed by atoms with Gasteiger partial charge in [0.15, 0.2) is 0 Å². The van der Waals surface area contributed by atoms with Gasteiger partial charge in [-0.15, -0.1) is 0 Å². The molecule has 0 N–H and O–H groups in total. The van der Waals surface area contributed by atoms with Crippen molar-refractivity contribution >= 4 is 16.6 Å². The Morgan fingerprint density at radius 1 is 1.24 bits per heavy atom. The molecule has 0 unspecified atom stereocenters. The van der Waals surface area contributed by atoms with E-state index in [0.29, 0.717) is 5.56 Å². The molecule has 2 fully saturated rings. The lowest BCUT2D eigenvalue weighted by molar-refractivity contribution is -0.0293. The molecule has 2 aliphatic heterocycles. The van der Waals surface area contributed by atoms with E-state index in [2.05, 4.69) is 39.9 Å². The second-order valence-corrected chi connectivity index (χ2v) is 7.13. The number of morpholine rings is 1. The highest BCUT2D eigenvalue weighted by Gasteiger charge is 2.28. The highest BCUT2D eigenvalue weighted by molar-refractivity contribution is 5.95. The number of nitriles is 1. The van der Waals surface area contributed by atoms with E-state index in [1.165, 1.54) is 25.9 Å². The predicted octanol–water partition coefficient (Wildman–Crippen LogP) is 2.80. The maximum absolute atomic E-state index is 9.35. The highest BCUT2D eigenvalue weighted by Crippen LogP contribution is 2.30. The maximum atomic E-state index is 9.35. The lowest BCUT2D eigenvalue weighted by Crippen LogP contribution is -2.50. The number of anilines is 1. The molecule has 2 saturated heterocycles. The quantitative estimate of drug-likeness (QED) is 0.863. The number of ether oxygens (including phenoxy) is 1. The molecule has 2 atom stereocenters. The molecule has 5 nitrogen and oxygen atoms in total. The van der Waals surface area contributed by atoms with Crippen molar-refractivity contribution in [3.8, 4) is 6.07 Å². The van der Waals surface area contributed by atoms with Gasteiger partial charge in [-0.1, -0.05) is 0 Å². The summed E-state index contributed by atoms with van der Waals surface area (Å²) in [7, 11) is 0. The molecule has 2 aliphatic rings. The number of hydrogen-bond acceptors (Lipinski definition) is 5. The van der Waals surface area contributed by atoms with Crippen LogP contribution in [-0.4, -0.2) is 54.8 Å². The molecule has 1 aromatic heterocycles. The largest absolute Gasteiger partial charge is 0.370 e. The first-order valence-corrected chi connectivity index (χ1v) is 9.15. The first-order chi connectivity index (χ1) is 12.2. The van der Waals surface area contributed by atoms with Crippen molar-refractivity contribution in [1.82, 2.24) is 9.88 Å². The van der Waals surface area contributed by atoms with E-state index < -0.39 is 0 Å². The van der Waals surface area contributed by atoms with Crippen LogP contribution in [-0.2, 0) is 4.74 Å². The molecule has 0 spiro atoms. The minimum atomic E-state index is 0.198. The molecule has 1 aromatic carbocycles. The monoisotopic (exact) mass is 336 g/mol. The van der Waals surface area contributed by atoms with Crippen molar-refractivity contribution in [2.45, 2.75) is 32.0 Å². The topological polar surface area (TPSA) is 52.4 Å². The van der Waals surface area contributed by atoms with E-state index in [9.17, 15) is 5.26 Å². The third-order valence-corrected chi connectivity index (χ3v) is 5.19. The number of aromatic nitrogens is 1. The van der Waals surface area contributed by atoms with Crippen LogP contribution < -0.4 is 4.90 Å². The summed E-state index contributed by atoms with van der Waals surface area (Å²) in [5, 5.41) is 10.4. The fraction of sp³-hybridized carbons (Fsp3) is 0.500. The predicted molar refractivity (Wildman–Crippen MR) is 98.7 cm³/mol. The fourth-order valence-corrected chi connectivity index (χ4v) is 4.12. The lowest BCUT2D eigenvalue weighted by Gasteiger charge is -2.40. The van der Waals surface area contributed by atoms with E-state index >= 15 is 0 Å². The van der Waals surface area contributed by atoms with E-state index in [-0.39, 0.29) is 12.2 Å². The zero-order chi connectivity index (χ0) is 17.2. The molecular weight excluding hydrogens is 312 g/mol. The fourth-order valence-electron chi connectivity index (χ4n) is 4.12. The number of fused-ring (bicyclic) bond motifs is 1. The summed E-state index contributed by atoms with van der Waals surface area (Å²) in [5.41, 5.74) is 2.58. The molecule has 4 rings (SSSR count). The van der Waals surface area contributed by atoms with Crippen LogP contribution in [0.2, 0.25) is 0 Å². The van der Waals surface area contributed by atoms with Crippen LogP contribution in [0.5, 0.6) is 0 Å². The second-order valence-electron chi connectivity index (χ2n) is 7.13. The summed E-state index contributed by atoms with van der Waals surface area (Å²) < 4.78 is 6.21. The number of likely N-dealkylation sites (tertiary alicyclic amines) is 1. The number of pyridine rings is 1. The molecule has 3 heterocycles. The van der Waals surface area contributed by atoms with Crippen LogP contribution in [0.1, 0.15) is 25.3 Å². The first-order valence-electron chi connectivity index (χ1n) is 9.15. The first kappa shape index (κ1) is 16.3. The molecule has 0 saturated carbocycles. The van der Waals surface area contributed by atoms with Gasteiger partial charge in [0.25, 0.3) is 0 Å². The van der Waals surface area contributed by atoms with Gasteiger partial charge >= 0.3 is 0 Å². The summed E-state index contributed by atoms with van der Waals surface area (Å²) in [4.78, 5) is 9.36. The van der Waals surface area contributed by atoms with Gasteiger partial charge < -0.3 is 14.5 Å². The van der Waals surface area contributed by atoms with Crippen LogP contribution >= 0.6 is 0 Å².